The predicted molar refractivity (Wildman–Crippen MR) is 118 cm³/mol. The quantitative estimate of drug-likeness (QED) is 0.467. The van der Waals surface area contributed by atoms with Crippen molar-refractivity contribution in [3.05, 3.63) is 12.4 Å². The molecule has 0 aromatic carbocycles. The maximum absolute atomic E-state index is 12.1. The molecule has 4 N–H and O–H groups in total. The van der Waals surface area contributed by atoms with E-state index in [2.05, 4.69) is 31.2 Å². The van der Waals surface area contributed by atoms with Gasteiger partial charge < -0.3 is 21.3 Å². The van der Waals surface area contributed by atoms with Crippen LogP contribution in [-0.4, -0.2) is 47.0 Å². The molecule has 1 heterocycles. The van der Waals surface area contributed by atoms with Crippen molar-refractivity contribution in [2.75, 3.05) is 23.7 Å². The monoisotopic (exact) mass is 416 g/mol. The Hall–Kier alpha value is -2.38. The van der Waals surface area contributed by atoms with Gasteiger partial charge in [-0.25, -0.2) is 9.97 Å². The van der Waals surface area contributed by atoms with Crippen LogP contribution in [0.2, 0.25) is 0 Å². The Bertz CT molecular complexity index is 618. The zero-order chi connectivity index (χ0) is 21.0. The number of nitrogens with zero attached hydrogens (tertiary/aromatic N) is 2. The molecule has 2 saturated carbocycles. The van der Waals surface area contributed by atoms with Crippen LogP contribution in [0, 0.1) is 0 Å². The summed E-state index contributed by atoms with van der Waals surface area (Å²) in [7, 11) is 0. The minimum absolute atomic E-state index is 0.0887. The van der Waals surface area contributed by atoms with E-state index in [4.69, 9.17) is 0 Å². The maximum atomic E-state index is 12.1. The summed E-state index contributed by atoms with van der Waals surface area (Å²) >= 11 is 0. The molecule has 2 aliphatic rings. The molecule has 1 aromatic heterocycles. The summed E-state index contributed by atoms with van der Waals surface area (Å²) in [5.74, 6) is 1.52. The summed E-state index contributed by atoms with van der Waals surface area (Å²) in [6, 6.07) is 2.49. The van der Waals surface area contributed by atoms with E-state index in [0.717, 1.165) is 25.7 Å². The molecule has 8 heteroatoms. The largest absolute Gasteiger partial charge is 0.369 e. The van der Waals surface area contributed by atoms with Gasteiger partial charge >= 0.3 is 0 Å². The molecule has 3 rings (SSSR count). The third-order valence-electron chi connectivity index (χ3n) is 5.92. The Morgan fingerprint density at radius 3 is 1.60 bits per heavy atom. The van der Waals surface area contributed by atoms with E-state index in [1.807, 2.05) is 0 Å². The number of amides is 2. The topological polar surface area (TPSA) is 108 Å². The van der Waals surface area contributed by atoms with Gasteiger partial charge in [0.25, 0.3) is 0 Å². The smallest absolute Gasteiger partial charge is 0.221 e. The number of anilines is 2. The SMILES string of the molecule is O=C(CCNc1cc(NCCC(=O)NC2CCCCC2)ncn1)NC1CCCCC1. The van der Waals surface area contributed by atoms with Gasteiger partial charge in [0, 0.05) is 44.1 Å². The molecule has 8 nitrogen and oxygen atoms in total. The highest BCUT2D eigenvalue weighted by Gasteiger charge is 2.16. The van der Waals surface area contributed by atoms with Crippen molar-refractivity contribution in [2.45, 2.75) is 89.1 Å². The van der Waals surface area contributed by atoms with Crippen LogP contribution in [0.15, 0.2) is 12.4 Å². The van der Waals surface area contributed by atoms with Crippen LogP contribution < -0.4 is 21.3 Å². The fraction of sp³-hybridized carbons (Fsp3) is 0.727. The van der Waals surface area contributed by atoms with Crippen molar-refractivity contribution in [1.29, 1.82) is 0 Å². The number of hydrogen-bond donors (Lipinski definition) is 4. The Morgan fingerprint density at radius 2 is 1.17 bits per heavy atom. The van der Waals surface area contributed by atoms with Crippen molar-refractivity contribution in [3.8, 4) is 0 Å². The first kappa shape index (κ1) is 22.3. The van der Waals surface area contributed by atoms with Gasteiger partial charge in [0.1, 0.15) is 18.0 Å². The van der Waals surface area contributed by atoms with Crippen LogP contribution in [0.4, 0.5) is 11.6 Å². The lowest BCUT2D eigenvalue weighted by molar-refractivity contribution is -0.122. The highest BCUT2D eigenvalue weighted by atomic mass is 16.2. The summed E-state index contributed by atoms with van der Waals surface area (Å²) in [6.07, 6.45) is 14.1. The lowest BCUT2D eigenvalue weighted by atomic mass is 9.95. The molecule has 0 saturated heterocycles. The molecule has 0 radical (unpaired) electrons. The minimum Gasteiger partial charge on any atom is -0.369 e. The molecule has 2 amide bonds. The van der Waals surface area contributed by atoms with Crippen molar-refractivity contribution in [2.24, 2.45) is 0 Å². The molecular weight excluding hydrogens is 380 g/mol. The van der Waals surface area contributed by atoms with Gasteiger partial charge in [0.05, 0.1) is 0 Å². The second kappa shape index (κ2) is 12.3. The highest BCUT2D eigenvalue weighted by Crippen LogP contribution is 2.18. The third-order valence-corrected chi connectivity index (χ3v) is 5.92. The Kier molecular flexibility index (Phi) is 9.18. The summed E-state index contributed by atoms with van der Waals surface area (Å²) in [5.41, 5.74) is 0. The van der Waals surface area contributed by atoms with E-state index >= 15 is 0 Å². The first-order valence-corrected chi connectivity index (χ1v) is 11.6. The molecule has 0 unspecified atom stereocenters. The van der Waals surface area contributed by atoms with Gasteiger partial charge in [-0.1, -0.05) is 38.5 Å². The second-order valence-corrected chi connectivity index (χ2v) is 8.45. The Morgan fingerprint density at radius 1 is 0.733 bits per heavy atom. The molecule has 1 aromatic rings. The van der Waals surface area contributed by atoms with Gasteiger partial charge in [0.2, 0.25) is 11.8 Å². The minimum atomic E-state index is 0.0887. The number of rotatable bonds is 10. The van der Waals surface area contributed by atoms with E-state index < -0.39 is 0 Å². The number of aromatic nitrogens is 2. The third kappa shape index (κ3) is 8.16. The number of carbonyl (C=O) groups excluding carboxylic acids is 2. The molecule has 2 aliphatic carbocycles. The van der Waals surface area contributed by atoms with Crippen LogP contribution in [0.1, 0.15) is 77.0 Å². The van der Waals surface area contributed by atoms with E-state index in [0.29, 0.717) is 49.7 Å². The zero-order valence-corrected chi connectivity index (χ0v) is 17.9. The van der Waals surface area contributed by atoms with Crippen LogP contribution in [0.25, 0.3) is 0 Å². The van der Waals surface area contributed by atoms with Gasteiger partial charge in [-0.2, -0.15) is 0 Å². The average molecular weight is 417 g/mol. The Labute approximate surface area is 179 Å². The second-order valence-electron chi connectivity index (χ2n) is 8.45. The lowest BCUT2D eigenvalue weighted by Gasteiger charge is -2.22. The van der Waals surface area contributed by atoms with Crippen molar-refractivity contribution in [3.63, 3.8) is 0 Å². The molecule has 166 valence electrons. The predicted octanol–water partition coefficient (Wildman–Crippen LogP) is 2.98. The molecule has 0 spiro atoms. The standard InChI is InChI=1S/C22H36N6O2/c29-21(27-17-7-3-1-4-8-17)11-13-23-19-15-20(26-16-25-19)24-14-12-22(30)28-18-9-5-2-6-10-18/h15-18H,1-14H2,(H,27,29)(H,28,30)(H2,23,24,25,26). The molecule has 30 heavy (non-hydrogen) atoms. The van der Waals surface area contributed by atoms with E-state index in [-0.39, 0.29) is 11.8 Å². The normalized spacial score (nSPS) is 17.9. The summed E-state index contributed by atoms with van der Waals surface area (Å²) in [5, 5.41) is 12.6. The number of hydrogen-bond acceptors (Lipinski definition) is 6. The van der Waals surface area contributed by atoms with Crippen LogP contribution >= 0.6 is 0 Å². The molecule has 0 atom stereocenters. The maximum Gasteiger partial charge on any atom is 0.221 e. The Balaban J connectivity index is 1.30. The van der Waals surface area contributed by atoms with Gasteiger partial charge in [-0.3, -0.25) is 9.59 Å². The summed E-state index contributed by atoms with van der Waals surface area (Å²) in [4.78, 5) is 32.6. The van der Waals surface area contributed by atoms with E-state index in [1.165, 1.54) is 44.9 Å². The van der Waals surface area contributed by atoms with Crippen LogP contribution in [0.3, 0.4) is 0 Å². The van der Waals surface area contributed by atoms with E-state index in [1.54, 1.807) is 6.07 Å². The summed E-state index contributed by atoms with van der Waals surface area (Å²) in [6.45, 7) is 1.05. The molecule has 0 bridgehead atoms. The van der Waals surface area contributed by atoms with Gasteiger partial charge in [-0.05, 0) is 25.7 Å². The number of carbonyl (C=O) groups is 2. The number of nitrogens with one attached hydrogen (secondary N) is 4. The lowest BCUT2D eigenvalue weighted by Crippen LogP contribution is -2.36. The van der Waals surface area contributed by atoms with E-state index in [9.17, 15) is 9.59 Å². The first-order valence-electron chi connectivity index (χ1n) is 11.6. The fourth-order valence-electron chi connectivity index (χ4n) is 4.25. The highest BCUT2D eigenvalue weighted by molar-refractivity contribution is 5.77. The first-order chi connectivity index (χ1) is 14.7. The molecule has 2 fully saturated rings. The van der Waals surface area contributed by atoms with Crippen LogP contribution in [-0.2, 0) is 9.59 Å². The summed E-state index contributed by atoms with van der Waals surface area (Å²) < 4.78 is 0. The van der Waals surface area contributed by atoms with Gasteiger partial charge in [-0.15, -0.1) is 0 Å². The van der Waals surface area contributed by atoms with Crippen molar-refractivity contribution >= 4 is 23.5 Å². The van der Waals surface area contributed by atoms with Gasteiger partial charge in [0.15, 0.2) is 0 Å². The fourth-order valence-corrected chi connectivity index (χ4v) is 4.25. The molecular formula is C22H36N6O2. The average Bonchev–Trinajstić information content (AvgIpc) is 2.75. The molecule has 0 aliphatic heterocycles. The van der Waals surface area contributed by atoms with Crippen molar-refractivity contribution < 1.29 is 9.59 Å². The van der Waals surface area contributed by atoms with Crippen molar-refractivity contribution in [1.82, 2.24) is 20.6 Å². The zero-order valence-electron chi connectivity index (χ0n) is 17.9. The van der Waals surface area contributed by atoms with Crippen LogP contribution in [0.5, 0.6) is 0 Å².